The molecule has 0 radical (unpaired) electrons. The van der Waals surface area contributed by atoms with Crippen LogP contribution in [0.1, 0.15) is 31.9 Å². The second-order valence-corrected chi connectivity index (χ2v) is 7.21. The summed E-state index contributed by atoms with van der Waals surface area (Å²) < 4.78 is 43.3. The van der Waals surface area contributed by atoms with Gasteiger partial charge in [-0.15, -0.1) is 0 Å². The molecule has 6 nitrogen and oxygen atoms in total. The molecule has 0 aliphatic heterocycles. The number of benzene rings is 2. The number of carbonyl (C=O) groups is 2. The Hall–Kier alpha value is -3.23. The molecule has 0 atom stereocenters. The van der Waals surface area contributed by atoms with Crippen molar-refractivity contribution in [1.29, 1.82) is 0 Å². The first-order chi connectivity index (χ1) is 13.4. The molecule has 29 heavy (non-hydrogen) atoms. The summed E-state index contributed by atoms with van der Waals surface area (Å²) in [7, 11) is 0. The van der Waals surface area contributed by atoms with Crippen LogP contribution in [0, 0.1) is 0 Å². The summed E-state index contributed by atoms with van der Waals surface area (Å²) in [6.45, 7) is 5.18. The smallest absolute Gasteiger partial charge is 0.416 e. The molecule has 2 aromatic carbocycles. The Morgan fingerprint density at radius 1 is 0.931 bits per heavy atom. The van der Waals surface area contributed by atoms with Crippen molar-refractivity contribution in [2.45, 2.75) is 39.1 Å². The van der Waals surface area contributed by atoms with Gasteiger partial charge in [-0.3, -0.25) is 5.32 Å². The van der Waals surface area contributed by atoms with Gasteiger partial charge in [-0.25, -0.2) is 9.59 Å². The monoisotopic (exact) mass is 409 g/mol. The molecule has 9 heteroatoms. The largest absolute Gasteiger partial charge is 0.444 e. The Balaban J connectivity index is 1.86. The lowest BCUT2D eigenvalue weighted by atomic mass is 10.1. The minimum absolute atomic E-state index is 0.0615. The first kappa shape index (κ1) is 22.1. The van der Waals surface area contributed by atoms with Crippen LogP contribution in [0.25, 0.3) is 0 Å². The van der Waals surface area contributed by atoms with Gasteiger partial charge in [0.2, 0.25) is 0 Å². The van der Waals surface area contributed by atoms with Gasteiger partial charge >= 0.3 is 18.3 Å². The predicted molar refractivity (Wildman–Crippen MR) is 104 cm³/mol. The van der Waals surface area contributed by atoms with Crippen LogP contribution in [0.5, 0.6) is 0 Å². The van der Waals surface area contributed by atoms with E-state index in [1.807, 2.05) is 0 Å². The van der Waals surface area contributed by atoms with E-state index in [9.17, 15) is 22.8 Å². The highest BCUT2D eigenvalue weighted by molar-refractivity contribution is 5.90. The summed E-state index contributed by atoms with van der Waals surface area (Å²) in [5, 5.41) is 7.61. The lowest BCUT2D eigenvalue weighted by Crippen LogP contribution is -2.28. The van der Waals surface area contributed by atoms with E-state index in [0.29, 0.717) is 16.9 Å². The van der Waals surface area contributed by atoms with Gasteiger partial charge < -0.3 is 15.4 Å². The number of urea groups is 1. The number of carbonyl (C=O) groups excluding carboxylic acids is 2. The Morgan fingerprint density at radius 2 is 1.52 bits per heavy atom. The van der Waals surface area contributed by atoms with Crippen molar-refractivity contribution in [3.8, 4) is 0 Å². The lowest BCUT2D eigenvalue weighted by Gasteiger charge is -2.19. The number of anilines is 2. The average molecular weight is 409 g/mol. The van der Waals surface area contributed by atoms with Crippen molar-refractivity contribution in [3.63, 3.8) is 0 Å². The molecule has 0 aliphatic rings. The zero-order valence-corrected chi connectivity index (χ0v) is 16.2. The molecule has 3 amide bonds. The van der Waals surface area contributed by atoms with Crippen molar-refractivity contribution < 1.29 is 27.5 Å². The van der Waals surface area contributed by atoms with E-state index in [0.717, 1.165) is 12.1 Å². The van der Waals surface area contributed by atoms with Gasteiger partial charge in [0, 0.05) is 17.9 Å². The first-order valence-electron chi connectivity index (χ1n) is 8.73. The Labute approximate surface area is 166 Å². The number of amides is 3. The van der Waals surface area contributed by atoms with Crippen LogP contribution in [0.2, 0.25) is 0 Å². The zero-order chi connectivity index (χ0) is 21.7. The van der Waals surface area contributed by atoms with Gasteiger partial charge in [-0.2, -0.15) is 13.2 Å². The van der Waals surface area contributed by atoms with E-state index in [1.165, 1.54) is 12.1 Å². The number of hydrogen-bond donors (Lipinski definition) is 3. The highest BCUT2D eigenvalue weighted by Crippen LogP contribution is 2.29. The fourth-order valence-corrected chi connectivity index (χ4v) is 2.27. The molecule has 0 saturated carbocycles. The second-order valence-electron chi connectivity index (χ2n) is 7.21. The van der Waals surface area contributed by atoms with Crippen molar-refractivity contribution in [2.24, 2.45) is 0 Å². The van der Waals surface area contributed by atoms with Crippen LogP contribution in [-0.2, 0) is 17.5 Å². The molecule has 0 saturated heterocycles. The third kappa shape index (κ3) is 7.73. The number of rotatable bonds is 4. The molecule has 0 aromatic heterocycles. The van der Waals surface area contributed by atoms with E-state index in [1.54, 1.807) is 45.0 Å². The van der Waals surface area contributed by atoms with E-state index >= 15 is 0 Å². The maximum atomic E-state index is 12.7. The number of halogens is 3. The molecule has 2 rings (SSSR count). The third-order valence-corrected chi connectivity index (χ3v) is 3.50. The van der Waals surface area contributed by atoms with Crippen LogP contribution >= 0.6 is 0 Å². The third-order valence-electron chi connectivity index (χ3n) is 3.50. The fraction of sp³-hybridized carbons (Fsp3) is 0.300. The summed E-state index contributed by atoms with van der Waals surface area (Å²) in [6, 6.07) is 10.4. The molecule has 0 bridgehead atoms. The van der Waals surface area contributed by atoms with Gasteiger partial charge in [-0.05, 0) is 62.7 Å². The van der Waals surface area contributed by atoms with E-state index in [2.05, 4.69) is 16.0 Å². The van der Waals surface area contributed by atoms with Crippen LogP contribution in [0.15, 0.2) is 48.5 Å². The van der Waals surface area contributed by atoms with Crippen LogP contribution in [-0.4, -0.2) is 17.7 Å². The summed E-state index contributed by atoms with van der Waals surface area (Å²) in [5.41, 5.74) is -0.142. The minimum Gasteiger partial charge on any atom is -0.444 e. The molecule has 2 aromatic rings. The highest BCUT2D eigenvalue weighted by Gasteiger charge is 2.30. The van der Waals surface area contributed by atoms with Crippen molar-refractivity contribution in [1.82, 2.24) is 5.32 Å². The van der Waals surface area contributed by atoms with Crippen LogP contribution in [0.4, 0.5) is 34.1 Å². The molecule has 0 unspecified atom stereocenters. The highest BCUT2D eigenvalue weighted by atomic mass is 19.4. The standard InChI is InChI=1S/C20H22F3N3O3/c1-19(2,3)29-18(28)26-16-9-7-15(8-10-16)25-17(27)24-12-13-5-4-6-14(11-13)20(21,22)23/h4-11H,12H2,1-3H3,(H,26,28)(H2,24,25,27). The number of hydrogen-bond acceptors (Lipinski definition) is 3. The maximum Gasteiger partial charge on any atom is 0.416 e. The lowest BCUT2D eigenvalue weighted by molar-refractivity contribution is -0.137. The van der Waals surface area contributed by atoms with Crippen LogP contribution < -0.4 is 16.0 Å². The Bertz CT molecular complexity index is 860. The van der Waals surface area contributed by atoms with Gasteiger partial charge in [0.25, 0.3) is 0 Å². The van der Waals surface area contributed by atoms with E-state index in [-0.39, 0.29) is 6.54 Å². The predicted octanol–water partition coefficient (Wildman–Crippen LogP) is 5.37. The van der Waals surface area contributed by atoms with Crippen molar-refractivity contribution in [3.05, 3.63) is 59.7 Å². The Kier molecular flexibility index (Phi) is 6.73. The zero-order valence-electron chi connectivity index (χ0n) is 16.2. The quantitative estimate of drug-likeness (QED) is 0.635. The van der Waals surface area contributed by atoms with Crippen molar-refractivity contribution in [2.75, 3.05) is 10.6 Å². The minimum atomic E-state index is -4.44. The molecular formula is C20H22F3N3O3. The molecule has 3 N–H and O–H groups in total. The van der Waals surface area contributed by atoms with Crippen LogP contribution in [0.3, 0.4) is 0 Å². The first-order valence-corrected chi connectivity index (χ1v) is 8.73. The maximum absolute atomic E-state index is 12.7. The normalized spacial score (nSPS) is 11.5. The number of ether oxygens (including phenoxy) is 1. The van der Waals surface area contributed by atoms with E-state index < -0.39 is 29.5 Å². The van der Waals surface area contributed by atoms with Crippen molar-refractivity contribution >= 4 is 23.5 Å². The van der Waals surface area contributed by atoms with Gasteiger partial charge in [0.1, 0.15) is 5.60 Å². The van der Waals surface area contributed by atoms with Gasteiger partial charge in [-0.1, -0.05) is 12.1 Å². The summed E-state index contributed by atoms with van der Waals surface area (Å²) in [5.74, 6) is 0. The molecular weight excluding hydrogens is 387 g/mol. The molecule has 0 heterocycles. The second kappa shape index (κ2) is 8.85. The topological polar surface area (TPSA) is 79.5 Å². The summed E-state index contributed by atoms with van der Waals surface area (Å²) in [6.07, 6.45) is -5.04. The average Bonchev–Trinajstić information content (AvgIpc) is 2.59. The number of nitrogens with one attached hydrogen (secondary N) is 3. The molecule has 0 aliphatic carbocycles. The molecule has 156 valence electrons. The van der Waals surface area contributed by atoms with E-state index in [4.69, 9.17) is 4.74 Å². The SMILES string of the molecule is CC(C)(C)OC(=O)Nc1ccc(NC(=O)NCc2cccc(C(F)(F)F)c2)cc1. The Morgan fingerprint density at radius 3 is 2.07 bits per heavy atom. The molecule has 0 fully saturated rings. The summed E-state index contributed by atoms with van der Waals surface area (Å²) in [4.78, 5) is 23.7. The number of alkyl halides is 3. The van der Waals surface area contributed by atoms with Gasteiger partial charge in [0.15, 0.2) is 0 Å². The summed E-state index contributed by atoms with van der Waals surface area (Å²) >= 11 is 0. The van der Waals surface area contributed by atoms with Gasteiger partial charge in [0.05, 0.1) is 5.56 Å². The fourth-order valence-electron chi connectivity index (χ4n) is 2.27. The molecule has 0 spiro atoms.